The van der Waals surface area contributed by atoms with Crippen molar-refractivity contribution in [2.24, 2.45) is 5.92 Å². The Kier molecular flexibility index (Phi) is 10.3. The molecule has 0 fully saturated rings. The Morgan fingerprint density at radius 1 is 0.600 bits per heavy atom. The van der Waals surface area contributed by atoms with E-state index >= 15 is 0 Å². The summed E-state index contributed by atoms with van der Waals surface area (Å²) in [6.45, 7) is 17.8. The molecule has 0 N–H and O–H groups in total. The first-order valence-corrected chi connectivity index (χ1v) is 12.3. The van der Waals surface area contributed by atoms with Gasteiger partial charge in [-0.25, -0.2) is 0 Å². The van der Waals surface area contributed by atoms with Crippen molar-refractivity contribution in [1.29, 1.82) is 0 Å². The second kappa shape index (κ2) is 12.7. The lowest BCUT2D eigenvalue weighted by atomic mass is 9.77. The molecular formula is C28H44N2. The average molecular weight is 409 g/mol. The predicted molar refractivity (Wildman–Crippen MR) is 135 cm³/mol. The van der Waals surface area contributed by atoms with Crippen molar-refractivity contribution in [2.75, 3.05) is 36.0 Å². The van der Waals surface area contributed by atoms with E-state index in [9.17, 15) is 0 Å². The van der Waals surface area contributed by atoms with E-state index in [-0.39, 0.29) is 0 Å². The maximum absolute atomic E-state index is 2.42. The number of hydrogen-bond acceptors (Lipinski definition) is 2. The SMILES string of the molecule is CCCCC(CC)C(c1ccc(N(CC)CC)cc1)c1ccc(N(CC)CC)cc1. The Bertz CT molecular complexity index is 641. The van der Waals surface area contributed by atoms with E-state index in [1.807, 2.05) is 0 Å². The summed E-state index contributed by atoms with van der Waals surface area (Å²) in [6, 6.07) is 18.8. The van der Waals surface area contributed by atoms with Crippen molar-refractivity contribution in [3.63, 3.8) is 0 Å². The zero-order valence-corrected chi connectivity index (χ0v) is 20.3. The minimum atomic E-state index is 0.470. The Morgan fingerprint density at radius 3 is 1.30 bits per heavy atom. The molecule has 0 amide bonds. The summed E-state index contributed by atoms with van der Waals surface area (Å²) in [7, 11) is 0. The summed E-state index contributed by atoms with van der Waals surface area (Å²) in [6.07, 6.45) is 5.10. The van der Waals surface area contributed by atoms with Crippen LogP contribution >= 0.6 is 0 Å². The van der Waals surface area contributed by atoms with Gasteiger partial charge in [0.05, 0.1) is 0 Å². The van der Waals surface area contributed by atoms with Crippen LogP contribution in [0.5, 0.6) is 0 Å². The smallest absolute Gasteiger partial charge is 0.0366 e. The lowest BCUT2D eigenvalue weighted by Crippen LogP contribution is -2.22. The Hall–Kier alpha value is -1.96. The molecule has 1 atom stereocenters. The molecule has 0 aromatic heterocycles. The summed E-state index contributed by atoms with van der Waals surface area (Å²) in [5.41, 5.74) is 5.59. The molecule has 1 unspecified atom stereocenters. The van der Waals surface area contributed by atoms with Gasteiger partial charge in [-0.3, -0.25) is 0 Å². The Balaban J connectivity index is 2.40. The van der Waals surface area contributed by atoms with E-state index in [2.05, 4.69) is 99.9 Å². The number of nitrogens with zero attached hydrogens (tertiary/aromatic N) is 2. The topological polar surface area (TPSA) is 6.48 Å². The van der Waals surface area contributed by atoms with E-state index in [1.165, 1.54) is 48.2 Å². The molecule has 2 rings (SSSR count). The number of benzene rings is 2. The summed E-state index contributed by atoms with van der Waals surface area (Å²) < 4.78 is 0. The van der Waals surface area contributed by atoms with Crippen LogP contribution in [0.3, 0.4) is 0 Å². The normalized spacial score (nSPS) is 12.2. The zero-order chi connectivity index (χ0) is 21.9. The third-order valence-electron chi connectivity index (χ3n) is 6.69. The van der Waals surface area contributed by atoms with Gasteiger partial charge in [0.25, 0.3) is 0 Å². The fourth-order valence-corrected chi connectivity index (χ4v) is 4.77. The van der Waals surface area contributed by atoms with Gasteiger partial charge in [-0.05, 0) is 75.4 Å². The first kappa shape index (κ1) is 24.3. The van der Waals surface area contributed by atoms with Crippen molar-refractivity contribution < 1.29 is 0 Å². The highest BCUT2D eigenvalue weighted by Gasteiger charge is 2.24. The molecule has 2 nitrogen and oxygen atoms in total. The molecule has 2 heteroatoms. The minimum absolute atomic E-state index is 0.470. The van der Waals surface area contributed by atoms with Crippen molar-refractivity contribution in [2.45, 2.75) is 73.1 Å². The molecule has 0 bridgehead atoms. The number of hydrogen-bond donors (Lipinski definition) is 0. The van der Waals surface area contributed by atoms with E-state index < -0.39 is 0 Å². The van der Waals surface area contributed by atoms with Crippen molar-refractivity contribution in [1.82, 2.24) is 0 Å². The molecule has 2 aromatic rings. The predicted octanol–water partition coefficient (Wildman–Crippen LogP) is 7.73. The molecular weight excluding hydrogens is 364 g/mol. The average Bonchev–Trinajstić information content (AvgIpc) is 2.79. The third-order valence-corrected chi connectivity index (χ3v) is 6.69. The molecule has 0 saturated carbocycles. The Labute approximate surface area is 186 Å². The largest absolute Gasteiger partial charge is 0.372 e. The van der Waals surface area contributed by atoms with Gasteiger partial charge in [-0.2, -0.15) is 0 Å². The van der Waals surface area contributed by atoms with Gasteiger partial charge >= 0.3 is 0 Å². The van der Waals surface area contributed by atoms with Crippen molar-refractivity contribution in [3.8, 4) is 0 Å². The van der Waals surface area contributed by atoms with E-state index in [0.29, 0.717) is 11.8 Å². The molecule has 0 aliphatic rings. The maximum Gasteiger partial charge on any atom is 0.0366 e. The molecule has 166 valence electrons. The quantitative estimate of drug-likeness (QED) is 0.334. The minimum Gasteiger partial charge on any atom is -0.372 e. The second-order valence-electron chi connectivity index (χ2n) is 8.32. The van der Waals surface area contributed by atoms with Gasteiger partial charge in [-0.15, -0.1) is 0 Å². The van der Waals surface area contributed by atoms with Crippen LogP contribution in [0.15, 0.2) is 48.5 Å². The van der Waals surface area contributed by atoms with Crippen molar-refractivity contribution >= 4 is 11.4 Å². The lowest BCUT2D eigenvalue weighted by molar-refractivity contribution is 0.406. The second-order valence-corrected chi connectivity index (χ2v) is 8.32. The van der Waals surface area contributed by atoms with Crippen LogP contribution in [0.1, 0.15) is 84.3 Å². The first-order chi connectivity index (χ1) is 14.6. The van der Waals surface area contributed by atoms with Crippen LogP contribution in [-0.4, -0.2) is 26.2 Å². The monoisotopic (exact) mass is 408 g/mol. The first-order valence-electron chi connectivity index (χ1n) is 12.3. The molecule has 0 radical (unpaired) electrons. The fraction of sp³-hybridized carbons (Fsp3) is 0.571. The van der Waals surface area contributed by atoms with Crippen LogP contribution in [0.4, 0.5) is 11.4 Å². The van der Waals surface area contributed by atoms with E-state index in [1.54, 1.807) is 0 Å². The summed E-state index contributed by atoms with van der Waals surface area (Å²) in [5.74, 6) is 1.15. The molecule has 0 heterocycles. The molecule has 0 spiro atoms. The fourth-order valence-electron chi connectivity index (χ4n) is 4.77. The summed E-state index contributed by atoms with van der Waals surface area (Å²) >= 11 is 0. The van der Waals surface area contributed by atoms with Crippen LogP contribution in [0, 0.1) is 5.92 Å². The zero-order valence-electron chi connectivity index (χ0n) is 20.3. The van der Waals surface area contributed by atoms with Crippen LogP contribution < -0.4 is 9.80 Å². The number of anilines is 2. The number of unbranched alkanes of at least 4 members (excludes halogenated alkanes) is 1. The highest BCUT2D eigenvalue weighted by molar-refractivity contribution is 5.51. The molecule has 0 aliphatic carbocycles. The van der Waals surface area contributed by atoms with Crippen LogP contribution in [0.2, 0.25) is 0 Å². The van der Waals surface area contributed by atoms with Crippen LogP contribution in [0.25, 0.3) is 0 Å². The summed E-state index contributed by atoms with van der Waals surface area (Å²) in [5, 5.41) is 0. The van der Waals surface area contributed by atoms with Crippen LogP contribution in [-0.2, 0) is 0 Å². The van der Waals surface area contributed by atoms with Gasteiger partial charge in [0.2, 0.25) is 0 Å². The van der Waals surface area contributed by atoms with Gasteiger partial charge in [-0.1, -0.05) is 57.4 Å². The van der Waals surface area contributed by atoms with Gasteiger partial charge < -0.3 is 9.80 Å². The molecule has 30 heavy (non-hydrogen) atoms. The van der Waals surface area contributed by atoms with Gasteiger partial charge in [0.1, 0.15) is 0 Å². The highest BCUT2D eigenvalue weighted by atomic mass is 15.1. The Morgan fingerprint density at radius 2 is 1.00 bits per heavy atom. The van der Waals surface area contributed by atoms with E-state index in [0.717, 1.165) is 26.2 Å². The maximum atomic E-state index is 2.42. The third kappa shape index (κ3) is 6.03. The standard InChI is InChI=1S/C28H44N2/c1-7-13-14-23(8-2)28(24-15-19-26(20-16-24)29(9-3)10-4)25-17-21-27(22-18-25)30(11-5)12-6/h15-23,28H,7-14H2,1-6H3. The lowest BCUT2D eigenvalue weighted by Gasteiger charge is -2.29. The molecule has 0 saturated heterocycles. The number of rotatable bonds is 13. The van der Waals surface area contributed by atoms with E-state index in [4.69, 9.17) is 0 Å². The summed E-state index contributed by atoms with van der Waals surface area (Å²) in [4.78, 5) is 4.85. The molecule has 0 aliphatic heterocycles. The molecule has 2 aromatic carbocycles. The highest BCUT2D eigenvalue weighted by Crippen LogP contribution is 2.38. The van der Waals surface area contributed by atoms with Crippen molar-refractivity contribution in [3.05, 3.63) is 59.7 Å². The van der Waals surface area contributed by atoms with Gasteiger partial charge in [0, 0.05) is 43.5 Å². The van der Waals surface area contributed by atoms with Gasteiger partial charge in [0.15, 0.2) is 0 Å².